The molecule has 18 heavy (non-hydrogen) atoms. The molecule has 3 nitrogen and oxygen atoms in total. The van der Waals surface area contributed by atoms with Gasteiger partial charge >= 0.3 is 0 Å². The van der Waals surface area contributed by atoms with Gasteiger partial charge in [-0.3, -0.25) is 0 Å². The fraction of sp³-hybridized carbons (Fsp3) is 0.786. The van der Waals surface area contributed by atoms with Crippen molar-refractivity contribution < 1.29 is 0 Å². The van der Waals surface area contributed by atoms with Crippen LogP contribution in [0, 0.1) is 5.92 Å². The molecule has 1 saturated heterocycles. The molecule has 0 saturated carbocycles. The minimum Gasteiger partial charge on any atom is -0.316 e. The highest BCUT2D eigenvalue weighted by molar-refractivity contribution is 7.11. The molecule has 1 aromatic heterocycles. The standard InChI is InChI=1S/C14H25N3S/c1-3-13-10-17-14(18-13)11(2)16-7-4-5-12-6-8-15-9-12/h10-12,15-16H,3-9H2,1-2H3. The highest BCUT2D eigenvalue weighted by atomic mass is 32.1. The monoisotopic (exact) mass is 267 g/mol. The number of hydrogen-bond donors (Lipinski definition) is 2. The summed E-state index contributed by atoms with van der Waals surface area (Å²) in [7, 11) is 0. The summed E-state index contributed by atoms with van der Waals surface area (Å²) in [5, 5.41) is 8.25. The van der Waals surface area contributed by atoms with E-state index < -0.39 is 0 Å². The van der Waals surface area contributed by atoms with E-state index in [2.05, 4.69) is 29.5 Å². The fourth-order valence-electron chi connectivity index (χ4n) is 2.44. The Balaban J connectivity index is 1.63. The van der Waals surface area contributed by atoms with E-state index in [0.717, 1.165) is 18.9 Å². The van der Waals surface area contributed by atoms with Gasteiger partial charge in [0.05, 0.1) is 6.04 Å². The summed E-state index contributed by atoms with van der Waals surface area (Å²) in [5.41, 5.74) is 0. The van der Waals surface area contributed by atoms with E-state index in [1.54, 1.807) is 0 Å². The van der Waals surface area contributed by atoms with Crippen LogP contribution in [0.5, 0.6) is 0 Å². The first kappa shape index (κ1) is 14.0. The Kier molecular flexibility index (Phi) is 5.60. The number of nitrogens with zero attached hydrogens (tertiary/aromatic N) is 1. The quantitative estimate of drug-likeness (QED) is 0.746. The van der Waals surface area contributed by atoms with Crippen LogP contribution in [-0.2, 0) is 6.42 Å². The van der Waals surface area contributed by atoms with E-state index >= 15 is 0 Å². The van der Waals surface area contributed by atoms with Crippen molar-refractivity contribution >= 4 is 11.3 Å². The third-order valence-corrected chi connectivity index (χ3v) is 5.02. The zero-order chi connectivity index (χ0) is 12.8. The number of aryl methyl sites for hydroxylation is 1. The van der Waals surface area contributed by atoms with Crippen molar-refractivity contribution in [3.63, 3.8) is 0 Å². The van der Waals surface area contributed by atoms with Gasteiger partial charge in [-0.05, 0) is 58.2 Å². The van der Waals surface area contributed by atoms with Gasteiger partial charge in [0.15, 0.2) is 0 Å². The Morgan fingerprint density at radius 1 is 1.61 bits per heavy atom. The highest BCUT2D eigenvalue weighted by Gasteiger charge is 2.14. The summed E-state index contributed by atoms with van der Waals surface area (Å²) in [4.78, 5) is 5.87. The van der Waals surface area contributed by atoms with Crippen LogP contribution in [0.4, 0.5) is 0 Å². The molecule has 0 spiro atoms. The van der Waals surface area contributed by atoms with Gasteiger partial charge in [-0.15, -0.1) is 11.3 Å². The van der Waals surface area contributed by atoms with Crippen LogP contribution in [-0.4, -0.2) is 24.6 Å². The number of thiazole rings is 1. The molecule has 4 heteroatoms. The molecule has 2 rings (SSSR count). The average molecular weight is 267 g/mol. The molecule has 0 aromatic carbocycles. The maximum Gasteiger partial charge on any atom is 0.109 e. The molecule has 0 bridgehead atoms. The van der Waals surface area contributed by atoms with Crippen molar-refractivity contribution in [1.29, 1.82) is 0 Å². The van der Waals surface area contributed by atoms with E-state index in [-0.39, 0.29) is 0 Å². The van der Waals surface area contributed by atoms with Crippen molar-refractivity contribution in [2.45, 2.75) is 45.6 Å². The largest absolute Gasteiger partial charge is 0.316 e. The second-order valence-electron chi connectivity index (χ2n) is 5.20. The van der Waals surface area contributed by atoms with Gasteiger partial charge in [0.1, 0.15) is 5.01 Å². The third-order valence-electron chi connectivity index (χ3n) is 3.69. The summed E-state index contributed by atoms with van der Waals surface area (Å²) >= 11 is 1.84. The highest BCUT2D eigenvalue weighted by Crippen LogP contribution is 2.20. The Morgan fingerprint density at radius 2 is 2.50 bits per heavy atom. The molecule has 0 aliphatic carbocycles. The molecule has 102 valence electrons. The summed E-state index contributed by atoms with van der Waals surface area (Å²) in [6.07, 6.45) is 7.11. The fourth-order valence-corrected chi connectivity index (χ4v) is 3.33. The minimum atomic E-state index is 0.400. The SMILES string of the molecule is CCc1cnc(C(C)NCCCC2CCNC2)s1. The van der Waals surface area contributed by atoms with Gasteiger partial charge < -0.3 is 10.6 Å². The molecule has 2 heterocycles. The van der Waals surface area contributed by atoms with Crippen LogP contribution in [0.1, 0.15) is 49.0 Å². The molecule has 1 aliphatic heterocycles. The summed E-state index contributed by atoms with van der Waals surface area (Å²) < 4.78 is 0. The van der Waals surface area contributed by atoms with Crippen molar-refractivity contribution in [2.75, 3.05) is 19.6 Å². The van der Waals surface area contributed by atoms with Crippen LogP contribution in [0.15, 0.2) is 6.20 Å². The van der Waals surface area contributed by atoms with E-state index in [4.69, 9.17) is 0 Å². The Morgan fingerprint density at radius 3 is 3.17 bits per heavy atom. The molecule has 1 aliphatic rings. The molecule has 2 atom stereocenters. The van der Waals surface area contributed by atoms with Crippen LogP contribution < -0.4 is 10.6 Å². The number of rotatable bonds is 7. The summed E-state index contributed by atoms with van der Waals surface area (Å²) in [6, 6.07) is 0.400. The zero-order valence-electron chi connectivity index (χ0n) is 11.5. The molecule has 0 radical (unpaired) electrons. The maximum atomic E-state index is 4.49. The Hall–Kier alpha value is -0.450. The molecule has 1 fully saturated rings. The van der Waals surface area contributed by atoms with Crippen LogP contribution >= 0.6 is 11.3 Å². The number of aromatic nitrogens is 1. The molecule has 0 amide bonds. The molecular formula is C14H25N3S. The Labute approximate surface area is 114 Å². The predicted molar refractivity (Wildman–Crippen MR) is 78.1 cm³/mol. The van der Waals surface area contributed by atoms with Gasteiger partial charge in [-0.2, -0.15) is 0 Å². The van der Waals surface area contributed by atoms with Crippen LogP contribution in [0.25, 0.3) is 0 Å². The smallest absolute Gasteiger partial charge is 0.109 e. The van der Waals surface area contributed by atoms with Crippen LogP contribution in [0.3, 0.4) is 0 Å². The van der Waals surface area contributed by atoms with Crippen molar-refractivity contribution in [3.8, 4) is 0 Å². The van der Waals surface area contributed by atoms with Crippen molar-refractivity contribution in [1.82, 2.24) is 15.6 Å². The first-order valence-corrected chi connectivity index (χ1v) is 8.00. The lowest BCUT2D eigenvalue weighted by Gasteiger charge is -2.12. The van der Waals surface area contributed by atoms with Crippen LogP contribution in [0.2, 0.25) is 0 Å². The normalized spacial score (nSPS) is 21.3. The third kappa shape index (κ3) is 4.04. The lowest BCUT2D eigenvalue weighted by molar-refractivity contribution is 0.473. The lowest BCUT2D eigenvalue weighted by Crippen LogP contribution is -2.20. The van der Waals surface area contributed by atoms with E-state index in [1.165, 1.54) is 42.2 Å². The minimum absolute atomic E-state index is 0.400. The molecule has 2 N–H and O–H groups in total. The number of hydrogen-bond acceptors (Lipinski definition) is 4. The van der Waals surface area contributed by atoms with Gasteiger partial charge in [0.2, 0.25) is 0 Å². The topological polar surface area (TPSA) is 37.0 Å². The molecule has 2 unspecified atom stereocenters. The van der Waals surface area contributed by atoms with Crippen molar-refractivity contribution in [3.05, 3.63) is 16.1 Å². The summed E-state index contributed by atoms with van der Waals surface area (Å²) in [5.74, 6) is 0.911. The van der Waals surface area contributed by atoms with Gasteiger partial charge in [0.25, 0.3) is 0 Å². The second-order valence-corrected chi connectivity index (χ2v) is 6.34. The first-order valence-electron chi connectivity index (χ1n) is 7.18. The average Bonchev–Trinajstić information content (AvgIpc) is 3.05. The Bertz CT molecular complexity index is 345. The molecular weight excluding hydrogens is 242 g/mol. The lowest BCUT2D eigenvalue weighted by atomic mass is 10.0. The second kappa shape index (κ2) is 7.22. The summed E-state index contributed by atoms with van der Waals surface area (Å²) in [6.45, 7) is 7.95. The van der Waals surface area contributed by atoms with E-state index in [9.17, 15) is 0 Å². The van der Waals surface area contributed by atoms with Gasteiger partial charge in [0, 0.05) is 11.1 Å². The maximum absolute atomic E-state index is 4.49. The zero-order valence-corrected chi connectivity index (χ0v) is 12.4. The first-order chi connectivity index (χ1) is 8.79. The number of nitrogens with one attached hydrogen (secondary N) is 2. The predicted octanol–water partition coefficient (Wildman–Crippen LogP) is 2.75. The molecule has 1 aromatic rings. The van der Waals surface area contributed by atoms with Gasteiger partial charge in [-0.1, -0.05) is 6.92 Å². The van der Waals surface area contributed by atoms with E-state index in [1.807, 2.05) is 17.5 Å². The van der Waals surface area contributed by atoms with E-state index in [0.29, 0.717) is 6.04 Å². The van der Waals surface area contributed by atoms with Crippen molar-refractivity contribution in [2.24, 2.45) is 5.92 Å². The van der Waals surface area contributed by atoms with Gasteiger partial charge in [-0.25, -0.2) is 4.98 Å².